The molecular weight excluding hydrogens is 362 g/mol. The molecule has 0 aromatic carbocycles. The molecule has 0 saturated carbocycles. The highest BCUT2D eigenvalue weighted by Gasteiger charge is 2.32. The van der Waals surface area contributed by atoms with E-state index < -0.39 is 0 Å². The van der Waals surface area contributed by atoms with Gasteiger partial charge in [-0.05, 0) is 26.3 Å². The molecular formula is C19H29N5O2S. The number of hydrogen-bond donors (Lipinski definition) is 0. The largest absolute Gasteiger partial charge is 0.345 e. The minimum absolute atomic E-state index is 0.115. The molecule has 27 heavy (non-hydrogen) atoms. The molecule has 1 aromatic rings. The highest BCUT2D eigenvalue weighted by atomic mass is 32.1. The van der Waals surface area contributed by atoms with Crippen molar-refractivity contribution in [2.75, 3.05) is 64.3 Å². The third kappa shape index (κ3) is 3.96. The smallest absolute Gasteiger partial charge is 0.226 e. The Morgan fingerprint density at radius 2 is 1.67 bits per heavy atom. The maximum atomic E-state index is 12.9. The maximum Gasteiger partial charge on any atom is 0.226 e. The number of aryl methyl sites for hydroxylation is 1. The molecule has 0 radical (unpaired) electrons. The summed E-state index contributed by atoms with van der Waals surface area (Å²) in [5.41, 5.74) is 1.19. The molecule has 1 atom stereocenters. The standard InChI is InChI=1S/C19H29N5O2S/c1-14(25)22-9-11-24(12-10-22)19-20-16-4-3-15(13-17(16)27-19)18(26)23-7-5-21(2)6-8-23/h15H,3-13H2,1-2H3. The molecule has 0 bridgehead atoms. The number of amides is 2. The van der Waals surface area contributed by atoms with Gasteiger partial charge < -0.3 is 19.6 Å². The van der Waals surface area contributed by atoms with Crippen LogP contribution in [-0.2, 0) is 22.4 Å². The van der Waals surface area contributed by atoms with Crippen LogP contribution in [0.25, 0.3) is 0 Å². The van der Waals surface area contributed by atoms with Gasteiger partial charge in [-0.25, -0.2) is 4.98 Å². The third-order valence-corrected chi connectivity index (χ3v) is 7.27. The molecule has 8 heteroatoms. The van der Waals surface area contributed by atoms with E-state index in [1.165, 1.54) is 10.6 Å². The third-order valence-electron chi connectivity index (χ3n) is 6.09. The van der Waals surface area contributed by atoms with Crippen LogP contribution in [0, 0.1) is 5.92 Å². The van der Waals surface area contributed by atoms with E-state index in [1.807, 2.05) is 4.90 Å². The fourth-order valence-corrected chi connectivity index (χ4v) is 5.44. The molecule has 2 saturated heterocycles. The molecule has 3 heterocycles. The van der Waals surface area contributed by atoms with Crippen LogP contribution in [0.2, 0.25) is 0 Å². The summed E-state index contributed by atoms with van der Waals surface area (Å²) < 4.78 is 0. The minimum Gasteiger partial charge on any atom is -0.345 e. The topological polar surface area (TPSA) is 60.0 Å². The number of piperazine rings is 2. The van der Waals surface area contributed by atoms with Crippen molar-refractivity contribution in [1.82, 2.24) is 19.7 Å². The molecule has 1 unspecified atom stereocenters. The first-order valence-corrected chi connectivity index (χ1v) is 10.8. The van der Waals surface area contributed by atoms with E-state index in [4.69, 9.17) is 4.98 Å². The van der Waals surface area contributed by atoms with Gasteiger partial charge in [-0.3, -0.25) is 9.59 Å². The molecule has 2 aliphatic heterocycles. The van der Waals surface area contributed by atoms with Crippen LogP contribution in [0.5, 0.6) is 0 Å². The van der Waals surface area contributed by atoms with Crippen molar-refractivity contribution in [2.45, 2.75) is 26.2 Å². The second-order valence-electron chi connectivity index (χ2n) is 7.93. The van der Waals surface area contributed by atoms with Crippen molar-refractivity contribution in [3.63, 3.8) is 0 Å². The van der Waals surface area contributed by atoms with E-state index >= 15 is 0 Å². The molecule has 0 spiro atoms. The number of fused-ring (bicyclic) bond motifs is 1. The summed E-state index contributed by atoms with van der Waals surface area (Å²) in [6, 6.07) is 0. The summed E-state index contributed by atoms with van der Waals surface area (Å²) in [6.45, 7) is 8.51. The summed E-state index contributed by atoms with van der Waals surface area (Å²) in [5, 5.41) is 1.07. The van der Waals surface area contributed by atoms with Crippen molar-refractivity contribution in [3.8, 4) is 0 Å². The SMILES string of the molecule is CC(=O)N1CCN(c2nc3c(s2)CC(C(=O)N2CCN(C)CC2)CC3)CC1. The minimum atomic E-state index is 0.115. The van der Waals surface area contributed by atoms with E-state index in [2.05, 4.69) is 21.7 Å². The predicted molar refractivity (Wildman–Crippen MR) is 106 cm³/mol. The second kappa shape index (κ2) is 7.75. The van der Waals surface area contributed by atoms with Crippen molar-refractivity contribution >= 4 is 28.3 Å². The summed E-state index contributed by atoms with van der Waals surface area (Å²) in [5.74, 6) is 0.598. The molecule has 1 aromatic heterocycles. The number of thiazole rings is 1. The van der Waals surface area contributed by atoms with Gasteiger partial charge >= 0.3 is 0 Å². The lowest BCUT2D eigenvalue weighted by atomic mass is 9.90. The summed E-state index contributed by atoms with van der Waals surface area (Å²) in [4.78, 5) is 39.1. The first-order chi connectivity index (χ1) is 13.0. The average Bonchev–Trinajstić information content (AvgIpc) is 3.11. The Bertz CT molecular complexity index is 705. The van der Waals surface area contributed by atoms with Crippen LogP contribution in [0.4, 0.5) is 5.13 Å². The lowest BCUT2D eigenvalue weighted by molar-refractivity contribution is -0.137. The van der Waals surface area contributed by atoms with E-state index in [0.29, 0.717) is 5.91 Å². The maximum absolute atomic E-state index is 12.9. The van der Waals surface area contributed by atoms with E-state index in [0.717, 1.165) is 76.8 Å². The molecule has 1 aliphatic carbocycles. The number of rotatable bonds is 2. The number of aromatic nitrogens is 1. The van der Waals surface area contributed by atoms with Gasteiger partial charge in [0, 0.05) is 70.1 Å². The Kier molecular flexibility index (Phi) is 5.36. The first kappa shape index (κ1) is 18.7. The lowest BCUT2D eigenvalue weighted by Crippen LogP contribution is -2.49. The second-order valence-corrected chi connectivity index (χ2v) is 8.99. The summed E-state index contributed by atoms with van der Waals surface area (Å²) in [7, 11) is 2.11. The van der Waals surface area contributed by atoms with Gasteiger partial charge in [-0.2, -0.15) is 0 Å². The fourth-order valence-electron chi connectivity index (χ4n) is 4.21. The van der Waals surface area contributed by atoms with Gasteiger partial charge in [0.25, 0.3) is 0 Å². The monoisotopic (exact) mass is 391 g/mol. The fraction of sp³-hybridized carbons (Fsp3) is 0.737. The quantitative estimate of drug-likeness (QED) is 0.742. The Morgan fingerprint density at radius 3 is 2.33 bits per heavy atom. The van der Waals surface area contributed by atoms with Gasteiger partial charge in [0.15, 0.2) is 5.13 Å². The molecule has 7 nitrogen and oxygen atoms in total. The zero-order chi connectivity index (χ0) is 19.0. The van der Waals surface area contributed by atoms with Gasteiger partial charge in [-0.15, -0.1) is 11.3 Å². The Hall–Kier alpha value is -1.67. The average molecular weight is 392 g/mol. The highest BCUT2D eigenvalue weighted by Crippen LogP contribution is 2.35. The van der Waals surface area contributed by atoms with Gasteiger partial charge in [-0.1, -0.05) is 0 Å². The van der Waals surface area contributed by atoms with Crippen LogP contribution >= 0.6 is 11.3 Å². The number of nitrogens with zero attached hydrogens (tertiary/aromatic N) is 5. The molecule has 2 amide bonds. The van der Waals surface area contributed by atoms with Gasteiger partial charge in [0.2, 0.25) is 11.8 Å². The van der Waals surface area contributed by atoms with E-state index in [-0.39, 0.29) is 11.8 Å². The van der Waals surface area contributed by atoms with Crippen LogP contribution in [-0.4, -0.2) is 90.9 Å². The number of hydrogen-bond acceptors (Lipinski definition) is 6. The normalized spacial score (nSPS) is 24.1. The van der Waals surface area contributed by atoms with Crippen molar-refractivity contribution in [1.29, 1.82) is 0 Å². The number of carbonyl (C=O) groups is 2. The van der Waals surface area contributed by atoms with Crippen LogP contribution in [0.1, 0.15) is 23.9 Å². The Balaban J connectivity index is 1.38. The van der Waals surface area contributed by atoms with Crippen LogP contribution in [0.3, 0.4) is 0 Å². The van der Waals surface area contributed by atoms with Gasteiger partial charge in [0.05, 0.1) is 5.69 Å². The Morgan fingerprint density at radius 1 is 1.00 bits per heavy atom. The molecule has 4 rings (SSSR count). The van der Waals surface area contributed by atoms with Gasteiger partial charge in [0.1, 0.15) is 0 Å². The zero-order valence-electron chi connectivity index (χ0n) is 16.3. The molecule has 148 valence electrons. The number of likely N-dealkylation sites (N-methyl/N-ethyl adjacent to an activating group) is 1. The number of anilines is 1. The van der Waals surface area contributed by atoms with Crippen molar-refractivity contribution in [3.05, 3.63) is 10.6 Å². The zero-order valence-corrected chi connectivity index (χ0v) is 17.1. The van der Waals surface area contributed by atoms with Crippen molar-refractivity contribution < 1.29 is 9.59 Å². The predicted octanol–water partition coefficient (Wildman–Crippen LogP) is 0.691. The molecule has 2 fully saturated rings. The highest BCUT2D eigenvalue weighted by molar-refractivity contribution is 7.15. The van der Waals surface area contributed by atoms with E-state index in [1.54, 1.807) is 18.3 Å². The first-order valence-electron chi connectivity index (χ1n) is 9.97. The molecule has 0 N–H and O–H groups in total. The summed E-state index contributed by atoms with van der Waals surface area (Å²) in [6.07, 6.45) is 2.66. The lowest BCUT2D eigenvalue weighted by Gasteiger charge is -2.35. The summed E-state index contributed by atoms with van der Waals surface area (Å²) >= 11 is 1.75. The Labute approximate surface area is 164 Å². The molecule has 3 aliphatic rings. The number of carbonyl (C=O) groups excluding carboxylic acids is 2. The van der Waals surface area contributed by atoms with Crippen LogP contribution < -0.4 is 4.90 Å². The van der Waals surface area contributed by atoms with Crippen molar-refractivity contribution in [2.24, 2.45) is 5.92 Å². The van der Waals surface area contributed by atoms with E-state index in [9.17, 15) is 9.59 Å². The van der Waals surface area contributed by atoms with Crippen LogP contribution in [0.15, 0.2) is 0 Å².